The molecule has 0 saturated heterocycles. The Bertz CT molecular complexity index is 733. The molecule has 2 aromatic rings. The van der Waals surface area contributed by atoms with Gasteiger partial charge in [-0.2, -0.15) is 0 Å². The summed E-state index contributed by atoms with van der Waals surface area (Å²) in [5.74, 6) is 1.17. The lowest BCUT2D eigenvalue weighted by Crippen LogP contribution is -2.40. The summed E-state index contributed by atoms with van der Waals surface area (Å²) < 4.78 is 0. The molecule has 0 aliphatic carbocycles. The van der Waals surface area contributed by atoms with Crippen LogP contribution in [-0.2, 0) is 15.3 Å². The van der Waals surface area contributed by atoms with E-state index in [1.807, 2.05) is 49.4 Å². The Kier molecular flexibility index (Phi) is 5.20. The van der Waals surface area contributed by atoms with Gasteiger partial charge in [0.15, 0.2) is 0 Å². The van der Waals surface area contributed by atoms with Gasteiger partial charge in [0.05, 0.1) is 17.1 Å². The number of benzene rings is 2. The van der Waals surface area contributed by atoms with Crippen LogP contribution in [0.5, 0.6) is 0 Å². The third-order valence-corrected chi connectivity index (χ3v) is 4.95. The number of fused-ring (bicyclic) bond motifs is 1. The van der Waals surface area contributed by atoms with Crippen molar-refractivity contribution in [2.45, 2.75) is 25.1 Å². The van der Waals surface area contributed by atoms with Crippen molar-refractivity contribution in [3.8, 4) is 0 Å². The Morgan fingerprint density at radius 2 is 1.88 bits per heavy atom. The van der Waals surface area contributed by atoms with Crippen molar-refractivity contribution < 1.29 is 9.59 Å². The van der Waals surface area contributed by atoms with Crippen molar-refractivity contribution in [1.29, 1.82) is 0 Å². The first-order valence-corrected chi connectivity index (χ1v) is 9.13. The number of rotatable bonds is 4. The fourth-order valence-electron chi connectivity index (χ4n) is 2.87. The molecule has 2 aromatic carbocycles. The van der Waals surface area contributed by atoms with Gasteiger partial charge in [-0.1, -0.05) is 42.5 Å². The zero-order chi connectivity index (χ0) is 16.9. The van der Waals surface area contributed by atoms with E-state index in [1.165, 1.54) is 5.56 Å². The normalized spacial score (nSPS) is 17.0. The van der Waals surface area contributed by atoms with Gasteiger partial charge in [-0.15, -0.1) is 11.8 Å². The summed E-state index contributed by atoms with van der Waals surface area (Å²) in [6, 6.07) is 17.4. The Hall–Kier alpha value is -2.27. The van der Waals surface area contributed by atoms with Crippen molar-refractivity contribution in [3.05, 3.63) is 60.2 Å². The molecule has 24 heavy (non-hydrogen) atoms. The minimum Gasteiger partial charge on any atom is -0.324 e. The number of nitrogens with zero attached hydrogens (tertiary/aromatic N) is 1. The average molecular weight is 340 g/mol. The first kappa shape index (κ1) is 16.6. The molecule has 1 aliphatic rings. The highest BCUT2D eigenvalue weighted by molar-refractivity contribution is 7.99. The predicted molar refractivity (Wildman–Crippen MR) is 99.2 cm³/mol. The van der Waals surface area contributed by atoms with Crippen LogP contribution in [0, 0.1) is 0 Å². The number of carbonyl (C=O) groups excluding carboxylic acids is 2. The highest BCUT2D eigenvalue weighted by Crippen LogP contribution is 2.31. The van der Waals surface area contributed by atoms with E-state index in [0.717, 1.165) is 11.4 Å². The summed E-state index contributed by atoms with van der Waals surface area (Å²) in [5.41, 5.74) is 2.69. The lowest BCUT2D eigenvalue weighted by Gasteiger charge is -2.27. The van der Waals surface area contributed by atoms with Gasteiger partial charge in [-0.3, -0.25) is 9.59 Å². The summed E-state index contributed by atoms with van der Waals surface area (Å²) in [7, 11) is 0. The zero-order valence-electron chi connectivity index (χ0n) is 13.6. The largest absolute Gasteiger partial charge is 0.324 e. The maximum Gasteiger partial charge on any atom is 0.237 e. The van der Waals surface area contributed by atoms with E-state index in [1.54, 1.807) is 16.7 Å². The summed E-state index contributed by atoms with van der Waals surface area (Å²) in [5, 5.41) is 2.88. The molecule has 1 aliphatic heterocycles. The van der Waals surface area contributed by atoms with Crippen LogP contribution in [0.15, 0.2) is 54.6 Å². The van der Waals surface area contributed by atoms with E-state index in [4.69, 9.17) is 0 Å². The maximum absolute atomic E-state index is 12.8. The van der Waals surface area contributed by atoms with Gasteiger partial charge >= 0.3 is 0 Å². The van der Waals surface area contributed by atoms with Crippen molar-refractivity contribution in [1.82, 2.24) is 0 Å². The summed E-state index contributed by atoms with van der Waals surface area (Å²) in [6.45, 7) is 1.92. The molecule has 2 amide bonds. The fourth-order valence-corrected chi connectivity index (χ4v) is 3.71. The van der Waals surface area contributed by atoms with Crippen molar-refractivity contribution in [2.75, 3.05) is 16.0 Å². The number of hydrogen-bond acceptors (Lipinski definition) is 3. The first-order valence-electron chi connectivity index (χ1n) is 7.98. The third-order valence-electron chi connectivity index (χ3n) is 3.97. The summed E-state index contributed by atoms with van der Waals surface area (Å²) in [4.78, 5) is 26.5. The van der Waals surface area contributed by atoms with Crippen molar-refractivity contribution in [3.63, 3.8) is 0 Å². The van der Waals surface area contributed by atoms with Gasteiger partial charge in [0.25, 0.3) is 0 Å². The highest BCUT2D eigenvalue weighted by Gasteiger charge is 2.29. The monoisotopic (exact) mass is 340 g/mol. The number of nitrogens with one attached hydrogen (secondary N) is 1. The van der Waals surface area contributed by atoms with Crippen LogP contribution in [0.3, 0.4) is 0 Å². The Balaban J connectivity index is 1.72. The second-order valence-corrected chi connectivity index (χ2v) is 6.85. The molecule has 5 heteroatoms. The standard InChI is InChI=1S/C19H20N2O2S/c1-14-11-18(22)20-16-9-5-6-10-17(16)21(14)19(23)13-24-12-15-7-3-2-4-8-15/h2-10,14H,11-13H2,1H3,(H,20,22)/t14-/m1/s1. The molecule has 124 valence electrons. The number of amides is 2. The van der Waals surface area contributed by atoms with Crippen LogP contribution in [0.25, 0.3) is 0 Å². The Morgan fingerprint density at radius 3 is 2.67 bits per heavy atom. The SMILES string of the molecule is C[C@@H]1CC(=O)Nc2ccccc2N1C(=O)CSCc1ccccc1. The first-order chi connectivity index (χ1) is 11.6. The smallest absolute Gasteiger partial charge is 0.237 e. The molecule has 0 radical (unpaired) electrons. The van der Waals surface area contributed by atoms with Gasteiger partial charge in [0.1, 0.15) is 0 Å². The van der Waals surface area contributed by atoms with E-state index in [2.05, 4.69) is 17.4 Å². The van der Waals surface area contributed by atoms with Crippen LogP contribution in [0.2, 0.25) is 0 Å². The van der Waals surface area contributed by atoms with Gasteiger partial charge in [-0.25, -0.2) is 0 Å². The Morgan fingerprint density at radius 1 is 1.17 bits per heavy atom. The predicted octanol–water partition coefficient (Wildman–Crippen LogP) is 3.68. The Labute approximate surface area is 146 Å². The van der Waals surface area contributed by atoms with Crippen LogP contribution < -0.4 is 10.2 Å². The summed E-state index contributed by atoms with van der Waals surface area (Å²) >= 11 is 1.60. The molecule has 0 bridgehead atoms. The number of thioether (sulfide) groups is 1. The number of hydrogen-bond donors (Lipinski definition) is 1. The molecule has 3 rings (SSSR count). The quantitative estimate of drug-likeness (QED) is 0.923. The molecule has 1 atom stereocenters. The molecule has 0 aromatic heterocycles. The van der Waals surface area contributed by atoms with Gasteiger partial charge in [-0.05, 0) is 24.6 Å². The van der Waals surface area contributed by atoms with E-state index in [0.29, 0.717) is 17.9 Å². The molecular formula is C19H20N2O2S. The second-order valence-electron chi connectivity index (χ2n) is 5.86. The van der Waals surface area contributed by atoms with Crippen LogP contribution in [0.1, 0.15) is 18.9 Å². The zero-order valence-corrected chi connectivity index (χ0v) is 14.4. The topological polar surface area (TPSA) is 49.4 Å². The lowest BCUT2D eigenvalue weighted by atomic mass is 10.2. The molecule has 1 heterocycles. The fraction of sp³-hybridized carbons (Fsp3) is 0.263. The molecule has 0 spiro atoms. The molecule has 4 nitrogen and oxygen atoms in total. The molecule has 1 N–H and O–H groups in total. The van der Waals surface area contributed by atoms with E-state index in [9.17, 15) is 9.59 Å². The van der Waals surface area contributed by atoms with Crippen molar-refractivity contribution >= 4 is 35.0 Å². The minimum absolute atomic E-state index is 0.0346. The number of carbonyl (C=O) groups is 2. The third kappa shape index (κ3) is 3.79. The molecule has 0 fully saturated rings. The van der Waals surface area contributed by atoms with Crippen molar-refractivity contribution in [2.24, 2.45) is 0 Å². The lowest BCUT2D eigenvalue weighted by molar-refractivity contribution is -0.117. The number of para-hydroxylation sites is 2. The second kappa shape index (κ2) is 7.53. The van der Waals surface area contributed by atoms with Crippen LogP contribution in [0.4, 0.5) is 11.4 Å². The van der Waals surface area contributed by atoms with E-state index < -0.39 is 0 Å². The molecule has 0 saturated carbocycles. The van der Waals surface area contributed by atoms with Crippen LogP contribution >= 0.6 is 11.8 Å². The average Bonchev–Trinajstić information content (AvgIpc) is 2.70. The van der Waals surface area contributed by atoms with Gasteiger partial charge in [0, 0.05) is 18.2 Å². The molecular weight excluding hydrogens is 320 g/mol. The molecule has 0 unspecified atom stereocenters. The van der Waals surface area contributed by atoms with E-state index >= 15 is 0 Å². The van der Waals surface area contributed by atoms with Gasteiger partial charge < -0.3 is 10.2 Å². The van der Waals surface area contributed by atoms with E-state index in [-0.39, 0.29) is 17.9 Å². The minimum atomic E-state index is -0.154. The number of anilines is 2. The maximum atomic E-state index is 12.8. The highest BCUT2D eigenvalue weighted by atomic mass is 32.2. The van der Waals surface area contributed by atoms with Crippen LogP contribution in [-0.4, -0.2) is 23.6 Å². The van der Waals surface area contributed by atoms with Gasteiger partial charge in [0.2, 0.25) is 11.8 Å². The summed E-state index contributed by atoms with van der Waals surface area (Å²) in [6.07, 6.45) is 0.309.